The summed E-state index contributed by atoms with van der Waals surface area (Å²) in [5.74, 6) is -0.966. The molecule has 16 heavy (non-hydrogen) atoms. The van der Waals surface area contributed by atoms with Crippen LogP contribution in [-0.2, 0) is 4.79 Å². The fourth-order valence-electron chi connectivity index (χ4n) is 1.96. The molecule has 1 rings (SSSR count). The van der Waals surface area contributed by atoms with Gasteiger partial charge in [-0.15, -0.1) is 0 Å². The molecule has 1 aliphatic rings. The minimum atomic E-state index is -1.13. The largest absolute Gasteiger partial charge is 0.480 e. The van der Waals surface area contributed by atoms with E-state index in [4.69, 9.17) is 5.11 Å². The second-order valence-corrected chi connectivity index (χ2v) is 4.81. The molecule has 1 heterocycles. The van der Waals surface area contributed by atoms with E-state index in [2.05, 4.69) is 6.92 Å². The fraction of sp³-hybridized carbons (Fsp3) is 0.818. The van der Waals surface area contributed by atoms with Crippen molar-refractivity contribution in [2.75, 3.05) is 13.6 Å². The van der Waals surface area contributed by atoms with Crippen molar-refractivity contribution < 1.29 is 14.7 Å². The smallest absolute Gasteiger partial charge is 0.329 e. The van der Waals surface area contributed by atoms with Crippen molar-refractivity contribution in [3.8, 4) is 0 Å². The Bertz CT molecular complexity index is 302. The molecule has 0 aromatic carbocycles. The van der Waals surface area contributed by atoms with E-state index in [9.17, 15) is 9.59 Å². The summed E-state index contributed by atoms with van der Waals surface area (Å²) < 4.78 is 0. The van der Waals surface area contributed by atoms with Gasteiger partial charge in [-0.2, -0.15) is 0 Å². The number of carboxylic acids is 1. The van der Waals surface area contributed by atoms with E-state index < -0.39 is 11.5 Å². The minimum Gasteiger partial charge on any atom is -0.480 e. The molecule has 1 N–H and O–H groups in total. The number of rotatable bonds is 4. The highest BCUT2D eigenvalue weighted by Gasteiger charge is 2.45. The van der Waals surface area contributed by atoms with Crippen molar-refractivity contribution in [2.24, 2.45) is 0 Å². The van der Waals surface area contributed by atoms with Gasteiger partial charge < -0.3 is 14.9 Å². The van der Waals surface area contributed by atoms with Crippen LogP contribution in [0.1, 0.15) is 33.6 Å². The number of hydrogen-bond acceptors (Lipinski definition) is 2. The van der Waals surface area contributed by atoms with Gasteiger partial charge >= 0.3 is 12.0 Å². The fourth-order valence-corrected chi connectivity index (χ4v) is 1.96. The summed E-state index contributed by atoms with van der Waals surface area (Å²) in [6.07, 6.45) is 1.90. The van der Waals surface area contributed by atoms with Crippen LogP contribution in [0, 0.1) is 0 Å². The third-order valence-corrected chi connectivity index (χ3v) is 3.29. The van der Waals surface area contributed by atoms with Gasteiger partial charge in [-0.1, -0.05) is 13.3 Å². The average molecular weight is 228 g/mol. The highest BCUT2D eigenvalue weighted by atomic mass is 16.4. The lowest BCUT2D eigenvalue weighted by Crippen LogP contribution is -2.51. The zero-order chi connectivity index (χ0) is 12.5. The van der Waals surface area contributed by atoms with Crippen LogP contribution in [0.3, 0.4) is 0 Å². The average Bonchev–Trinajstić information content (AvgIpc) is 2.47. The lowest BCUT2D eigenvalue weighted by molar-refractivity contribution is -0.147. The summed E-state index contributed by atoms with van der Waals surface area (Å²) in [4.78, 5) is 26.1. The standard InChI is InChI=1S/C11H20N2O3/c1-5-6-8-7-13(10(16)12(8)4)11(2,3)9(14)15/h8H,5-7H2,1-4H3,(H,14,15). The molecule has 1 saturated heterocycles. The molecule has 1 unspecified atom stereocenters. The number of likely N-dealkylation sites (N-methyl/N-ethyl adjacent to an activating group) is 1. The van der Waals surface area contributed by atoms with Crippen molar-refractivity contribution >= 4 is 12.0 Å². The van der Waals surface area contributed by atoms with Crippen LogP contribution in [0.4, 0.5) is 4.79 Å². The number of nitrogens with zero attached hydrogens (tertiary/aromatic N) is 2. The van der Waals surface area contributed by atoms with E-state index >= 15 is 0 Å². The highest BCUT2D eigenvalue weighted by molar-refractivity contribution is 5.86. The molecule has 0 bridgehead atoms. The molecule has 0 aromatic heterocycles. The topological polar surface area (TPSA) is 60.9 Å². The molecule has 1 atom stereocenters. The second-order valence-electron chi connectivity index (χ2n) is 4.81. The molecule has 0 radical (unpaired) electrons. The monoisotopic (exact) mass is 228 g/mol. The predicted molar refractivity (Wildman–Crippen MR) is 60.3 cm³/mol. The first-order valence-corrected chi connectivity index (χ1v) is 5.60. The molecule has 5 nitrogen and oxygen atoms in total. The van der Waals surface area contributed by atoms with E-state index in [1.54, 1.807) is 25.8 Å². The van der Waals surface area contributed by atoms with Gasteiger partial charge in [0.15, 0.2) is 0 Å². The Hall–Kier alpha value is -1.26. The highest BCUT2D eigenvalue weighted by Crippen LogP contribution is 2.25. The van der Waals surface area contributed by atoms with E-state index in [0.717, 1.165) is 12.8 Å². The van der Waals surface area contributed by atoms with Crippen LogP contribution in [0.5, 0.6) is 0 Å². The SMILES string of the molecule is CCCC1CN(C(C)(C)C(=O)O)C(=O)N1C. The molecule has 5 heteroatoms. The zero-order valence-electron chi connectivity index (χ0n) is 10.4. The van der Waals surface area contributed by atoms with Crippen molar-refractivity contribution in [3.05, 3.63) is 0 Å². The van der Waals surface area contributed by atoms with E-state index in [0.29, 0.717) is 6.54 Å². The molecule has 0 saturated carbocycles. The van der Waals surface area contributed by atoms with Gasteiger partial charge in [0.2, 0.25) is 0 Å². The number of amides is 2. The van der Waals surface area contributed by atoms with Crippen LogP contribution in [0.25, 0.3) is 0 Å². The van der Waals surface area contributed by atoms with Gasteiger partial charge in [0.05, 0.1) is 6.04 Å². The predicted octanol–water partition coefficient (Wildman–Crippen LogP) is 1.39. The maximum Gasteiger partial charge on any atom is 0.329 e. The number of carboxylic acid groups (broad SMARTS) is 1. The van der Waals surface area contributed by atoms with Crippen LogP contribution >= 0.6 is 0 Å². The van der Waals surface area contributed by atoms with Gasteiger partial charge in [-0.05, 0) is 20.3 Å². The molecular formula is C11H20N2O3. The summed E-state index contributed by atoms with van der Waals surface area (Å²) in [6.45, 7) is 5.69. The normalized spacial score (nSPS) is 21.8. The summed E-state index contributed by atoms with van der Waals surface area (Å²) in [5.41, 5.74) is -1.13. The number of aliphatic carboxylic acids is 1. The lowest BCUT2D eigenvalue weighted by Gasteiger charge is -2.30. The molecule has 92 valence electrons. The third kappa shape index (κ3) is 1.99. The second kappa shape index (κ2) is 4.31. The Morgan fingerprint density at radius 3 is 2.56 bits per heavy atom. The van der Waals surface area contributed by atoms with Crippen LogP contribution in [0.15, 0.2) is 0 Å². The summed E-state index contributed by atoms with van der Waals surface area (Å²) in [7, 11) is 1.74. The summed E-state index contributed by atoms with van der Waals surface area (Å²) in [6, 6.07) is -0.0537. The Balaban J connectivity index is 2.86. The first kappa shape index (κ1) is 12.8. The third-order valence-electron chi connectivity index (χ3n) is 3.29. The number of hydrogen-bond donors (Lipinski definition) is 1. The van der Waals surface area contributed by atoms with Crippen LogP contribution in [-0.4, -0.2) is 52.1 Å². The maximum atomic E-state index is 11.9. The quantitative estimate of drug-likeness (QED) is 0.791. The molecule has 0 aliphatic carbocycles. The van der Waals surface area contributed by atoms with Crippen molar-refractivity contribution in [2.45, 2.75) is 45.2 Å². The summed E-state index contributed by atoms with van der Waals surface area (Å²) >= 11 is 0. The van der Waals surface area contributed by atoms with E-state index in [1.807, 2.05) is 0 Å². The van der Waals surface area contributed by atoms with Crippen LogP contribution < -0.4 is 0 Å². The van der Waals surface area contributed by atoms with Gasteiger partial charge in [-0.25, -0.2) is 9.59 Å². The van der Waals surface area contributed by atoms with E-state index in [1.165, 1.54) is 4.90 Å². The van der Waals surface area contributed by atoms with Gasteiger partial charge in [0, 0.05) is 13.6 Å². The van der Waals surface area contributed by atoms with Gasteiger partial charge in [0.25, 0.3) is 0 Å². The number of carbonyl (C=O) groups is 2. The Kier molecular flexibility index (Phi) is 3.45. The Morgan fingerprint density at radius 1 is 1.56 bits per heavy atom. The molecule has 1 fully saturated rings. The first-order chi connectivity index (χ1) is 7.32. The van der Waals surface area contributed by atoms with Gasteiger partial charge in [0.1, 0.15) is 5.54 Å². The summed E-state index contributed by atoms with van der Waals surface area (Å²) in [5, 5.41) is 9.11. The minimum absolute atomic E-state index is 0.135. The van der Waals surface area contributed by atoms with Crippen LogP contribution in [0.2, 0.25) is 0 Å². The molecule has 0 spiro atoms. The van der Waals surface area contributed by atoms with Crippen molar-refractivity contribution in [3.63, 3.8) is 0 Å². The molecular weight excluding hydrogens is 208 g/mol. The van der Waals surface area contributed by atoms with Gasteiger partial charge in [-0.3, -0.25) is 0 Å². The van der Waals surface area contributed by atoms with Crippen molar-refractivity contribution in [1.82, 2.24) is 9.80 Å². The first-order valence-electron chi connectivity index (χ1n) is 5.60. The van der Waals surface area contributed by atoms with E-state index in [-0.39, 0.29) is 12.1 Å². The molecule has 0 aromatic rings. The number of carbonyl (C=O) groups excluding carboxylic acids is 1. The molecule has 1 aliphatic heterocycles. The Labute approximate surface area is 96.0 Å². The number of urea groups is 1. The Morgan fingerprint density at radius 2 is 2.12 bits per heavy atom. The maximum absolute atomic E-state index is 11.9. The molecule has 2 amide bonds. The lowest BCUT2D eigenvalue weighted by atomic mass is 10.0. The van der Waals surface area contributed by atoms with Crippen molar-refractivity contribution in [1.29, 1.82) is 0 Å². The zero-order valence-corrected chi connectivity index (χ0v) is 10.4.